The van der Waals surface area contributed by atoms with Crippen LogP contribution in [-0.4, -0.2) is 41.2 Å². The normalized spacial score (nSPS) is 13.0. The molecule has 0 aliphatic rings. The molecule has 39 heavy (non-hydrogen) atoms. The van der Waals surface area contributed by atoms with Gasteiger partial charge < -0.3 is 9.54 Å². The summed E-state index contributed by atoms with van der Waals surface area (Å²) in [4.78, 5) is 7.37. The summed E-state index contributed by atoms with van der Waals surface area (Å²) < 4.78 is 67.4. The van der Waals surface area contributed by atoms with Crippen molar-refractivity contribution in [1.82, 2.24) is 9.97 Å². The zero-order valence-corrected chi connectivity index (χ0v) is 29.0. The molecule has 0 amide bonds. The molecule has 0 fully saturated rings. The molecule has 1 atom stereocenters. The Hall–Kier alpha value is 0.146. The van der Waals surface area contributed by atoms with Crippen molar-refractivity contribution in [3.63, 3.8) is 0 Å². The van der Waals surface area contributed by atoms with Gasteiger partial charge in [0.15, 0.2) is 0 Å². The number of nitrogens with zero attached hydrogens (tertiary/aromatic N) is 1. The Kier molecular flexibility index (Phi) is 18.4. The second-order valence-corrected chi connectivity index (χ2v) is 13.8. The van der Waals surface area contributed by atoms with Gasteiger partial charge in [-0.2, -0.15) is 8.42 Å². The predicted molar refractivity (Wildman–Crippen MR) is 152 cm³/mol. The number of benzene rings is 1. The molecule has 8 nitrogen and oxygen atoms in total. The number of hydrogen-bond acceptors (Lipinski definition) is 6. The van der Waals surface area contributed by atoms with E-state index in [0.29, 0.717) is 17.5 Å². The van der Waals surface area contributed by atoms with Gasteiger partial charge in [0.2, 0.25) is 0 Å². The van der Waals surface area contributed by atoms with E-state index in [2.05, 4.69) is 16.9 Å². The van der Waals surface area contributed by atoms with Gasteiger partial charge in [0.1, 0.15) is 15.9 Å². The van der Waals surface area contributed by atoms with Gasteiger partial charge in [0, 0.05) is 6.42 Å². The molecule has 1 unspecified atom stereocenters. The molecule has 1 aromatic carbocycles. The van der Waals surface area contributed by atoms with E-state index in [1.165, 1.54) is 103 Å². The summed E-state index contributed by atoms with van der Waals surface area (Å²) in [5, 5.41) is -1.08. The quantitative estimate of drug-likeness (QED) is 0.123. The average Bonchev–Trinajstić information content (AvgIpc) is 3.26. The number of imidazole rings is 1. The summed E-state index contributed by atoms with van der Waals surface area (Å²) in [6, 6.07) is 2.77. The van der Waals surface area contributed by atoms with Crippen LogP contribution in [0.5, 0.6) is 0 Å². The average molecular weight is 611 g/mol. The van der Waals surface area contributed by atoms with Gasteiger partial charge >= 0.3 is 51.4 Å². The van der Waals surface area contributed by atoms with Crippen LogP contribution in [0.1, 0.15) is 128 Å². The third-order valence-electron chi connectivity index (χ3n) is 7.36. The van der Waals surface area contributed by atoms with Crippen LogP contribution in [0.2, 0.25) is 0 Å². The molecule has 11 heteroatoms. The molecule has 0 saturated carbocycles. The molecule has 0 radical (unpaired) electrons. The second kappa shape index (κ2) is 19.4. The minimum atomic E-state index is -4.76. The molecular formula is C28H47KN2O6S2. The van der Waals surface area contributed by atoms with Crippen molar-refractivity contribution >= 4 is 31.3 Å². The van der Waals surface area contributed by atoms with Crippen molar-refractivity contribution in [2.45, 2.75) is 140 Å². The number of unbranched alkanes of at least 4 members (excludes halogenated alkanes) is 14. The number of aromatic amines is 1. The first-order valence-corrected chi connectivity index (χ1v) is 17.4. The van der Waals surface area contributed by atoms with Crippen LogP contribution in [0, 0.1) is 0 Å². The first kappa shape index (κ1) is 37.2. The smallest absolute Gasteiger partial charge is 0.744 e. The molecule has 2 rings (SSSR count). The summed E-state index contributed by atoms with van der Waals surface area (Å²) in [7, 11) is -9.02. The largest absolute Gasteiger partial charge is 1.00 e. The van der Waals surface area contributed by atoms with Gasteiger partial charge in [-0.15, -0.1) is 0 Å². The molecule has 0 aliphatic heterocycles. The number of nitrogens with one attached hydrogen (secondary N) is 1. The fourth-order valence-corrected chi connectivity index (χ4v) is 6.07. The standard InChI is InChI=1S/C28H48N2O6S2.K/c1-3-4-5-6-7-8-9-10-11-12-13-14-15-16-17-18-27-29-25-21-22-26(38(34,35)36)24(28(25)30-27)20-19-23(2)37(31,32)33;/h21-23H,3-20H2,1-2H3,(H,29,30)(H,31,32,33)(H,34,35,36);/q;+1/p-1. The van der Waals surface area contributed by atoms with Crippen LogP contribution in [0.15, 0.2) is 17.0 Å². The van der Waals surface area contributed by atoms with Crippen LogP contribution >= 0.6 is 0 Å². The van der Waals surface area contributed by atoms with Crippen LogP contribution in [0.3, 0.4) is 0 Å². The first-order chi connectivity index (χ1) is 18.0. The summed E-state index contributed by atoms with van der Waals surface area (Å²) in [6.07, 6.45) is 20.0. The van der Waals surface area contributed by atoms with Gasteiger partial charge in [-0.25, -0.2) is 13.4 Å². The van der Waals surface area contributed by atoms with Gasteiger partial charge in [-0.3, -0.25) is 4.55 Å². The Morgan fingerprint density at radius 3 is 1.77 bits per heavy atom. The number of rotatable bonds is 21. The van der Waals surface area contributed by atoms with Crippen LogP contribution < -0.4 is 51.4 Å². The maximum atomic E-state index is 11.8. The molecule has 0 saturated heterocycles. The topological polar surface area (TPSA) is 140 Å². The number of aryl methyl sites for hydroxylation is 2. The van der Waals surface area contributed by atoms with Crippen LogP contribution in [0.4, 0.5) is 0 Å². The SMILES string of the molecule is CCCCCCCCCCCCCCCCCc1nc2c(CCC(C)S(=O)(=O)O)c(S(=O)(=O)[O-])ccc2[nH]1.[K+]. The summed E-state index contributed by atoms with van der Waals surface area (Å²) in [5.74, 6) is 0.721. The van der Waals surface area contributed by atoms with Crippen molar-refractivity contribution in [2.24, 2.45) is 0 Å². The van der Waals surface area contributed by atoms with E-state index in [0.717, 1.165) is 18.7 Å². The van der Waals surface area contributed by atoms with Gasteiger partial charge in [-0.05, 0) is 43.9 Å². The van der Waals surface area contributed by atoms with Gasteiger partial charge in [0.05, 0.1) is 21.2 Å². The summed E-state index contributed by atoms with van der Waals surface area (Å²) in [5.41, 5.74) is 1.19. The third-order valence-corrected chi connectivity index (χ3v) is 9.54. The Morgan fingerprint density at radius 2 is 1.31 bits per heavy atom. The summed E-state index contributed by atoms with van der Waals surface area (Å²) in [6.45, 7) is 3.59. The third kappa shape index (κ3) is 14.2. The second-order valence-electron chi connectivity index (χ2n) is 10.6. The van der Waals surface area contributed by atoms with E-state index < -0.39 is 30.4 Å². The molecule has 2 aromatic rings. The van der Waals surface area contributed by atoms with Crippen LogP contribution in [-0.2, 0) is 33.1 Å². The van der Waals surface area contributed by atoms with Crippen molar-refractivity contribution in [1.29, 1.82) is 0 Å². The molecule has 218 valence electrons. The fourth-order valence-electron chi connectivity index (χ4n) is 4.92. The zero-order chi connectivity index (χ0) is 28.0. The number of fused-ring (bicyclic) bond motifs is 1. The molecule has 0 spiro atoms. The molecule has 1 heterocycles. The van der Waals surface area contributed by atoms with Crippen molar-refractivity contribution < 1.29 is 77.3 Å². The van der Waals surface area contributed by atoms with Gasteiger partial charge in [0.25, 0.3) is 10.1 Å². The minimum Gasteiger partial charge on any atom is -0.744 e. The molecule has 1 aromatic heterocycles. The fraction of sp³-hybridized carbons (Fsp3) is 0.750. The molecule has 0 bridgehead atoms. The molecule has 0 aliphatic carbocycles. The van der Waals surface area contributed by atoms with Crippen molar-refractivity contribution in [3.8, 4) is 0 Å². The van der Waals surface area contributed by atoms with E-state index in [-0.39, 0.29) is 69.8 Å². The van der Waals surface area contributed by atoms with Crippen molar-refractivity contribution in [2.75, 3.05) is 0 Å². The minimum absolute atomic E-state index is 0. The first-order valence-electron chi connectivity index (χ1n) is 14.5. The van der Waals surface area contributed by atoms with E-state index in [1.54, 1.807) is 0 Å². The Morgan fingerprint density at radius 1 is 0.821 bits per heavy atom. The maximum absolute atomic E-state index is 11.8. The van der Waals surface area contributed by atoms with Crippen molar-refractivity contribution in [3.05, 3.63) is 23.5 Å². The van der Waals surface area contributed by atoms with E-state index in [1.807, 2.05) is 0 Å². The molecule has 2 N–H and O–H groups in total. The number of hydrogen-bond donors (Lipinski definition) is 2. The zero-order valence-electron chi connectivity index (χ0n) is 24.2. The Labute approximate surface area is 278 Å². The van der Waals surface area contributed by atoms with Crippen LogP contribution in [0.25, 0.3) is 11.0 Å². The molecular weight excluding hydrogens is 564 g/mol. The van der Waals surface area contributed by atoms with E-state index >= 15 is 0 Å². The monoisotopic (exact) mass is 610 g/mol. The van der Waals surface area contributed by atoms with Gasteiger partial charge in [-0.1, -0.05) is 96.8 Å². The predicted octanol–water partition coefficient (Wildman–Crippen LogP) is 4.09. The summed E-state index contributed by atoms with van der Waals surface area (Å²) >= 11 is 0. The number of aromatic nitrogens is 2. The number of H-pyrrole nitrogens is 1. The van der Waals surface area contributed by atoms with E-state index in [4.69, 9.17) is 0 Å². The Balaban J connectivity index is 0.00000760. The van der Waals surface area contributed by atoms with E-state index in [9.17, 15) is 25.9 Å². The Bertz CT molecular complexity index is 1180. The maximum Gasteiger partial charge on any atom is 1.00 e.